The molecule has 2 heterocycles. The largest absolute Gasteiger partial charge is 0.338 e. The van der Waals surface area contributed by atoms with E-state index in [4.69, 9.17) is 5.73 Å². The first-order valence-electron chi connectivity index (χ1n) is 7.87. The van der Waals surface area contributed by atoms with E-state index >= 15 is 0 Å². The number of rotatable bonds is 5. The van der Waals surface area contributed by atoms with E-state index in [0.717, 1.165) is 25.9 Å². The van der Waals surface area contributed by atoms with Gasteiger partial charge in [-0.15, -0.1) is 12.4 Å². The van der Waals surface area contributed by atoms with Crippen molar-refractivity contribution in [1.29, 1.82) is 0 Å². The van der Waals surface area contributed by atoms with Gasteiger partial charge in [0.1, 0.15) is 0 Å². The number of likely N-dealkylation sites (tertiary alicyclic amines) is 1. The Morgan fingerprint density at radius 1 is 1.36 bits per heavy atom. The zero-order valence-electron chi connectivity index (χ0n) is 13.2. The zero-order valence-corrected chi connectivity index (χ0v) is 14.9. The van der Waals surface area contributed by atoms with Crippen molar-refractivity contribution in [2.75, 3.05) is 44.2 Å². The summed E-state index contributed by atoms with van der Waals surface area (Å²) in [5.41, 5.74) is 5.72. The van der Waals surface area contributed by atoms with Gasteiger partial charge in [0.25, 0.3) is 0 Å². The van der Waals surface area contributed by atoms with Crippen LogP contribution in [0.1, 0.15) is 26.2 Å². The number of hydrogen-bond acceptors (Lipinski definition) is 5. The fourth-order valence-electron chi connectivity index (χ4n) is 3.43. The minimum absolute atomic E-state index is 0. The molecule has 8 heteroatoms. The van der Waals surface area contributed by atoms with E-state index in [1.807, 2.05) is 6.92 Å². The Bertz CT molecular complexity index is 472. The topological polar surface area (TPSA) is 83.7 Å². The number of hydrogen-bond donors (Lipinski definition) is 1. The van der Waals surface area contributed by atoms with Crippen molar-refractivity contribution in [2.45, 2.75) is 32.2 Å². The number of piperidine rings is 1. The van der Waals surface area contributed by atoms with Crippen LogP contribution < -0.4 is 5.73 Å². The Hall–Kier alpha value is -0.370. The molecule has 0 saturated carbocycles. The monoisotopic (exact) mass is 353 g/mol. The third-order valence-electron chi connectivity index (χ3n) is 4.61. The summed E-state index contributed by atoms with van der Waals surface area (Å²) < 4.78 is 23.2. The van der Waals surface area contributed by atoms with Gasteiger partial charge in [-0.2, -0.15) is 0 Å². The molecule has 22 heavy (non-hydrogen) atoms. The number of likely N-dealkylation sites (N-methyl/N-ethyl adjacent to an activating group) is 1. The van der Waals surface area contributed by atoms with Crippen molar-refractivity contribution in [2.24, 2.45) is 11.7 Å². The summed E-state index contributed by atoms with van der Waals surface area (Å²) in [6.45, 7) is 5.37. The summed E-state index contributed by atoms with van der Waals surface area (Å²) >= 11 is 0. The van der Waals surface area contributed by atoms with Crippen molar-refractivity contribution >= 4 is 28.2 Å². The van der Waals surface area contributed by atoms with E-state index < -0.39 is 9.84 Å². The quantitative estimate of drug-likeness (QED) is 0.758. The van der Waals surface area contributed by atoms with E-state index in [0.29, 0.717) is 32.0 Å². The number of carbonyl (C=O) groups is 1. The molecule has 130 valence electrons. The van der Waals surface area contributed by atoms with Crippen molar-refractivity contribution in [3.05, 3.63) is 0 Å². The number of nitrogens with zero attached hydrogens (tertiary/aromatic N) is 2. The minimum Gasteiger partial charge on any atom is -0.338 e. The second kappa shape index (κ2) is 8.47. The smallest absolute Gasteiger partial charge is 0.237 e. The Kier molecular flexibility index (Phi) is 7.58. The molecule has 1 amide bonds. The van der Waals surface area contributed by atoms with Gasteiger partial charge >= 0.3 is 0 Å². The van der Waals surface area contributed by atoms with E-state index in [1.54, 1.807) is 4.90 Å². The van der Waals surface area contributed by atoms with Crippen LogP contribution in [-0.4, -0.2) is 74.4 Å². The van der Waals surface area contributed by atoms with E-state index in [2.05, 4.69) is 4.90 Å². The maximum Gasteiger partial charge on any atom is 0.237 e. The molecule has 2 saturated heterocycles. The predicted octanol–water partition coefficient (Wildman–Crippen LogP) is 0.115. The molecule has 6 nitrogen and oxygen atoms in total. The lowest BCUT2D eigenvalue weighted by Gasteiger charge is -2.34. The van der Waals surface area contributed by atoms with Gasteiger partial charge in [-0.3, -0.25) is 9.69 Å². The van der Waals surface area contributed by atoms with E-state index in [9.17, 15) is 13.2 Å². The van der Waals surface area contributed by atoms with Crippen LogP contribution in [0.5, 0.6) is 0 Å². The summed E-state index contributed by atoms with van der Waals surface area (Å²) in [5, 5.41) is 0. The van der Waals surface area contributed by atoms with Gasteiger partial charge in [0, 0.05) is 19.1 Å². The first-order chi connectivity index (χ1) is 9.95. The van der Waals surface area contributed by atoms with Crippen LogP contribution in [0.4, 0.5) is 0 Å². The summed E-state index contributed by atoms with van der Waals surface area (Å²) in [4.78, 5) is 16.4. The Morgan fingerprint density at radius 3 is 2.64 bits per heavy atom. The summed E-state index contributed by atoms with van der Waals surface area (Å²) in [5.74, 6) is 0.865. The maximum atomic E-state index is 12.5. The van der Waals surface area contributed by atoms with Gasteiger partial charge in [-0.1, -0.05) is 0 Å². The summed E-state index contributed by atoms with van der Waals surface area (Å²) in [7, 11) is -2.95. The highest BCUT2D eigenvalue weighted by Gasteiger charge is 2.34. The Balaban J connectivity index is 0.00000242. The van der Waals surface area contributed by atoms with Crippen molar-refractivity contribution < 1.29 is 13.2 Å². The van der Waals surface area contributed by atoms with Crippen LogP contribution in [0.25, 0.3) is 0 Å². The third kappa shape index (κ3) is 5.08. The maximum absolute atomic E-state index is 12.5. The lowest BCUT2D eigenvalue weighted by molar-refractivity contribution is -0.134. The average molecular weight is 354 g/mol. The minimum atomic E-state index is -2.95. The molecule has 0 aromatic heterocycles. The molecular weight excluding hydrogens is 326 g/mol. The van der Waals surface area contributed by atoms with Crippen molar-refractivity contribution in [3.63, 3.8) is 0 Å². The molecule has 0 spiro atoms. The summed E-state index contributed by atoms with van der Waals surface area (Å²) in [6, 6.07) is -0.136. The third-order valence-corrected chi connectivity index (χ3v) is 6.36. The fourth-order valence-corrected chi connectivity index (χ4v) is 5.16. The molecule has 2 rings (SSSR count). The molecule has 0 aromatic rings. The average Bonchev–Trinajstić information content (AvgIpc) is 2.80. The summed E-state index contributed by atoms with van der Waals surface area (Å²) in [6.07, 6.45) is 2.80. The number of halogens is 1. The molecule has 0 aromatic carbocycles. The molecule has 2 N–H and O–H groups in total. The van der Waals surface area contributed by atoms with Crippen molar-refractivity contribution in [3.8, 4) is 0 Å². The van der Waals surface area contributed by atoms with Crippen LogP contribution in [0.3, 0.4) is 0 Å². The molecule has 0 radical (unpaired) electrons. The van der Waals surface area contributed by atoms with Gasteiger partial charge in [0.2, 0.25) is 5.91 Å². The first-order valence-corrected chi connectivity index (χ1v) is 9.69. The first kappa shape index (κ1) is 19.7. The van der Waals surface area contributed by atoms with E-state index in [1.165, 1.54) is 0 Å². The molecule has 2 fully saturated rings. The highest BCUT2D eigenvalue weighted by molar-refractivity contribution is 7.91. The Morgan fingerprint density at radius 2 is 2.09 bits per heavy atom. The molecule has 2 aliphatic heterocycles. The fraction of sp³-hybridized carbons (Fsp3) is 0.929. The van der Waals surface area contributed by atoms with Gasteiger partial charge in [-0.25, -0.2) is 8.42 Å². The predicted molar refractivity (Wildman–Crippen MR) is 89.9 cm³/mol. The second-order valence-corrected chi connectivity index (χ2v) is 8.44. The van der Waals surface area contributed by atoms with Crippen LogP contribution >= 0.6 is 12.4 Å². The van der Waals surface area contributed by atoms with Crippen LogP contribution in [0, 0.1) is 5.92 Å². The second-order valence-electron chi connectivity index (χ2n) is 6.22. The lowest BCUT2D eigenvalue weighted by atomic mass is 9.98. The standard InChI is InChI=1S/C14H27N3O3S.ClH/c1-2-17(13-5-7-21(19,20)11-13)14(18)10-16-6-3-4-12(8-15)9-16;/h12-13H,2-11,15H2,1H3;1H. The molecule has 0 aliphatic carbocycles. The Labute approximate surface area is 139 Å². The van der Waals surface area contributed by atoms with Crippen LogP contribution in [0.15, 0.2) is 0 Å². The SMILES string of the molecule is CCN(C(=O)CN1CCCC(CN)C1)C1CCS(=O)(=O)C1.Cl. The molecule has 2 aliphatic rings. The molecule has 2 atom stereocenters. The van der Waals surface area contributed by atoms with E-state index in [-0.39, 0.29) is 35.9 Å². The van der Waals surface area contributed by atoms with Crippen LogP contribution in [0.2, 0.25) is 0 Å². The number of amides is 1. The lowest BCUT2D eigenvalue weighted by Crippen LogP contribution is -2.48. The number of carbonyl (C=O) groups excluding carboxylic acids is 1. The number of sulfone groups is 1. The molecule has 2 unspecified atom stereocenters. The number of nitrogens with two attached hydrogens (primary N) is 1. The normalized spacial score (nSPS) is 28.1. The van der Waals surface area contributed by atoms with Crippen molar-refractivity contribution in [1.82, 2.24) is 9.80 Å². The highest BCUT2D eigenvalue weighted by atomic mass is 35.5. The zero-order chi connectivity index (χ0) is 15.5. The highest BCUT2D eigenvalue weighted by Crippen LogP contribution is 2.19. The van der Waals surface area contributed by atoms with Gasteiger partial charge in [0.15, 0.2) is 9.84 Å². The van der Waals surface area contributed by atoms with Gasteiger partial charge in [0.05, 0.1) is 18.1 Å². The van der Waals surface area contributed by atoms with Gasteiger partial charge < -0.3 is 10.6 Å². The molecular formula is C14H28ClN3O3S. The molecule has 0 bridgehead atoms. The van der Waals surface area contributed by atoms with Gasteiger partial charge in [-0.05, 0) is 45.2 Å². The van der Waals surface area contributed by atoms with Crippen LogP contribution in [-0.2, 0) is 14.6 Å².